The number of benzene rings is 1. The molecular weight excluding hydrogens is 418 g/mol. The Labute approximate surface area is 188 Å². The number of aliphatic hydroxyl groups is 1. The Hall–Kier alpha value is -2.40. The standard InChI is InChI=1S/C22H33N3O7/c1-29-10-9-23-21(27)11-16-7-8-18-20(32-16)14-31-13-15(26)12-25(18)22(28)24-17-5-3-4-6-19(17)30-2/h3-6,15-16,18,20,26H,7-14H2,1-2H3,(H,23,27)(H,24,28)/t15-,16-,18-,20+/m1/s1. The van der Waals surface area contributed by atoms with E-state index in [-0.39, 0.29) is 50.3 Å². The van der Waals surface area contributed by atoms with E-state index in [9.17, 15) is 14.7 Å². The molecule has 3 rings (SSSR count). The first-order chi connectivity index (χ1) is 15.5. The zero-order chi connectivity index (χ0) is 22.9. The molecule has 2 aliphatic heterocycles. The minimum Gasteiger partial charge on any atom is -0.495 e. The Morgan fingerprint density at radius 2 is 2.03 bits per heavy atom. The Morgan fingerprint density at radius 3 is 2.81 bits per heavy atom. The number of nitrogens with one attached hydrogen (secondary N) is 2. The van der Waals surface area contributed by atoms with Gasteiger partial charge in [0.25, 0.3) is 0 Å². The summed E-state index contributed by atoms with van der Waals surface area (Å²) in [4.78, 5) is 26.9. The highest BCUT2D eigenvalue weighted by atomic mass is 16.5. The molecule has 3 amide bonds. The highest BCUT2D eigenvalue weighted by Crippen LogP contribution is 2.29. The van der Waals surface area contributed by atoms with E-state index in [2.05, 4.69) is 10.6 Å². The second-order valence-electron chi connectivity index (χ2n) is 7.96. The lowest BCUT2D eigenvalue weighted by Gasteiger charge is -2.44. The fraction of sp³-hybridized carbons (Fsp3) is 0.636. The van der Waals surface area contributed by atoms with Crippen LogP contribution >= 0.6 is 0 Å². The molecular formula is C22H33N3O7. The molecule has 0 unspecified atom stereocenters. The first-order valence-electron chi connectivity index (χ1n) is 10.9. The molecule has 10 nitrogen and oxygen atoms in total. The van der Waals surface area contributed by atoms with Crippen molar-refractivity contribution in [1.82, 2.24) is 10.2 Å². The van der Waals surface area contributed by atoms with E-state index in [4.69, 9.17) is 18.9 Å². The summed E-state index contributed by atoms with van der Waals surface area (Å²) < 4.78 is 22.0. The van der Waals surface area contributed by atoms with Crippen LogP contribution in [0.1, 0.15) is 19.3 Å². The number of hydrogen-bond donors (Lipinski definition) is 3. The van der Waals surface area contributed by atoms with Gasteiger partial charge in [0.15, 0.2) is 0 Å². The van der Waals surface area contributed by atoms with Crippen LogP contribution in [0.15, 0.2) is 24.3 Å². The molecule has 1 aromatic carbocycles. The van der Waals surface area contributed by atoms with Crippen LogP contribution in [0.25, 0.3) is 0 Å². The van der Waals surface area contributed by atoms with Crippen molar-refractivity contribution in [2.45, 2.75) is 43.6 Å². The maximum Gasteiger partial charge on any atom is 0.322 e. The van der Waals surface area contributed by atoms with Crippen molar-refractivity contribution in [3.63, 3.8) is 0 Å². The molecule has 2 saturated heterocycles. The predicted molar refractivity (Wildman–Crippen MR) is 117 cm³/mol. The van der Waals surface area contributed by atoms with Gasteiger partial charge in [-0.15, -0.1) is 0 Å². The van der Waals surface area contributed by atoms with Crippen LogP contribution in [-0.2, 0) is 19.0 Å². The Balaban J connectivity index is 1.66. The fourth-order valence-electron chi connectivity index (χ4n) is 4.08. The van der Waals surface area contributed by atoms with Crippen molar-refractivity contribution in [2.24, 2.45) is 0 Å². The summed E-state index contributed by atoms with van der Waals surface area (Å²) in [7, 11) is 3.12. The van der Waals surface area contributed by atoms with Gasteiger partial charge in [-0.05, 0) is 25.0 Å². The summed E-state index contributed by atoms with van der Waals surface area (Å²) >= 11 is 0. The van der Waals surface area contributed by atoms with Crippen molar-refractivity contribution in [3.8, 4) is 5.75 Å². The minimum absolute atomic E-state index is 0.0987. The minimum atomic E-state index is -0.802. The van der Waals surface area contributed by atoms with E-state index in [0.717, 1.165) is 0 Å². The number of carbonyl (C=O) groups is 2. The molecule has 0 bridgehead atoms. The largest absolute Gasteiger partial charge is 0.495 e. The van der Waals surface area contributed by atoms with Gasteiger partial charge >= 0.3 is 6.03 Å². The second kappa shape index (κ2) is 12.0. The topological polar surface area (TPSA) is 119 Å². The number of fused-ring (bicyclic) bond motifs is 1. The molecule has 0 aliphatic carbocycles. The van der Waals surface area contributed by atoms with Gasteiger partial charge in [-0.1, -0.05) is 12.1 Å². The molecule has 32 heavy (non-hydrogen) atoms. The van der Waals surface area contributed by atoms with E-state index in [1.807, 2.05) is 12.1 Å². The van der Waals surface area contributed by atoms with Crippen LogP contribution in [0.5, 0.6) is 5.75 Å². The summed E-state index contributed by atoms with van der Waals surface area (Å²) in [6.07, 6.45) is 0.0397. The average molecular weight is 452 g/mol. The number of anilines is 1. The first-order valence-corrected chi connectivity index (χ1v) is 10.9. The monoisotopic (exact) mass is 451 g/mol. The molecule has 3 N–H and O–H groups in total. The maximum atomic E-state index is 13.2. The average Bonchev–Trinajstić information content (AvgIpc) is 2.77. The summed E-state index contributed by atoms with van der Waals surface area (Å²) in [5.41, 5.74) is 0.548. The molecule has 2 aliphatic rings. The van der Waals surface area contributed by atoms with Crippen molar-refractivity contribution in [1.29, 1.82) is 0 Å². The molecule has 1 aromatic rings. The van der Waals surface area contributed by atoms with Crippen molar-refractivity contribution in [3.05, 3.63) is 24.3 Å². The SMILES string of the molecule is COCCNC(=O)C[C@H]1CC[C@@H]2[C@H](COC[C@H](O)CN2C(=O)Nc2ccccc2OC)O1. The molecule has 2 heterocycles. The van der Waals surface area contributed by atoms with Gasteiger partial charge in [-0.3, -0.25) is 4.79 Å². The van der Waals surface area contributed by atoms with E-state index >= 15 is 0 Å². The van der Waals surface area contributed by atoms with Crippen LogP contribution in [0.2, 0.25) is 0 Å². The lowest BCUT2D eigenvalue weighted by Crippen LogP contribution is -2.58. The smallest absolute Gasteiger partial charge is 0.322 e. The predicted octanol–water partition coefficient (Wildman–Crippen LogP) is 0.989. The van der Waals surface area contributed by atoms with E-state index in [0.29, 0.717) is 37.4 Å². The van der Waals surface area contributed by atoms with Gasteiger partial charge in [0.05, 0.1) is 63.8 Å². The molecule has 2 fully saturated rings. The molecule has 178 valence electrons. The van der Waals surface area contributed by atoms with Gasteiger partial charge in [-0.2, -0.15) is 0 Å². The van der Waals surface area contributed by atoms with Gasteiger partial charge in [0.1, 0.15) is 11.9 Å². The van der Waals surface area contributed by atoms with Gasteiger partial charge in [-0.25, -0.2) is 4.79 Å². The number of rotatable bonds is 7. The number of methoxy groups -OCH3 is 2. The number of hydrogen-bond acceptors (Lipinski definition) is 7. The van der Waals surface area contributed by atoms with E-state index in [1.165, 1.54) is 0 Å². The quantitative estimate of drug-likeness (QED) is 0.529. The first kappa shape index (κ1) is 24.2. The zero-order valence-corrected chi connectivity index (χ0v) is 18.6. The summed E-state index contributed by atoms with van der Waals surface area (Å²) in [5.74, 6) is 0.450. The van der Waals surface area contributed by atoms with Crippen LogP contribution in [-0.4, -0.2) is 93.4 Å². The molecule has 0 radical (unpaired) electrons. The number of para-hydroxylation sites is 2. The maximum absolute atomic E-state index is 13.2. The Kier molecular flexibility index (Phi) is 9.10. The second-order valence-corrected chi connectivity index (χ2v) is 7.96. The molecule has 4 atom stereocenters. The number of nitrogens with zero attached hydrogens (tertiary/aromatic N) is 1. The fourth-order valence-corrected chi connectivity index (χ4v) is 4.08. The van der Waals surface area contributed by atoms with Crippen molar-refractivity contribution in [2.75, 3.05) is 52.4 Å². The van der Waals surface area contributed by atoms with Crippen LogP contribution in [0.3, 0.4) is 0 Å². The Morgan fingerprint density at radius 1 is 1.22 bits per heavy atom. The van der Waals surface area contributed by atoms with Crippen molar-refractivity contribution >= 4 is 17.6 Å². The zero-order valence-electron chi connectivity index (χ0n) is 18.6. The summed E-state index contributed by atoms with van der Waals surface area (Å²) in [5, 5.41) is 16.0. The number of carbonyl (C=O) groups excluding carboxylic acids is 2. The molecule has 0 saturated carbocycles. The summed E-state index contributed by atoms with van der Waals surface area (Å²) in [6, 6.07) is 6.52. The van der Waals surface area contributed by atoms with Crippen LogP contribution < -0.4 is 15.4 Å². The third-order valence-corrected chi connectivity index (χ3v) is 5.63. The molecule has 10 heteroatoms. The number of ether oxygens (including phenoxy) is 4. The van der Waals surface area contributed by atoms with E-state index in [1.54, 1.807) is 31.3 Å². The van der Waals surface area contributed by atoms with E-state index < -0.39 is 12.2 Å². The Bertz CT molecular complexity index is 763. The van der Waals surface area contributed by atoms with Crippen LogP contribution in [0.4, 0.5) is 10.5 Å². The molecule has 0 aromatic heterocycles. The van der Waals surface area contributed by atoms with Crippen LogP contribution in [0, 0.1) is 0 Å². The summed E-state index contributed by atoms with van der Waals surface area (Å²) in [6.45, 7) is 1.36. The third kappa shape index (κ3) is 6.55. The van der Waals surface area contributed by atoms with Gasteiger partial charge in [0.2, 0.25) is 5.91 Å². The number of amides is 3. The number of β-amino-alcohol motifs (C(OH)–C–C–N with tert-alkyl or cyclic N) is 1. The number of aliphatic hydroxyl groups excluding tert-OH is 1. The number of urea groups is 1. The van der Waals surface area contributed by atoms with Gasteiger partial charge in [0, 0.05) is 13.7 Å². The lowest BCUT2D eigenvalue weighted by atomic mass is 9.95. The van der Waals surface area contributed by atoms with Gasteiger partial charge < -0.3 is 39.6 Å². The lowest BCUT2D eigenvalue weighted by molar-refractivity contribution is -0.149. The third-order valence-electron chi connectivity index (χ3n) is 5.63. The van der Waals surface area contributed by atoms with Crippen molar-refractivity contribution < 1.29 is 33.6 Å². The normalized spacial score (nSPS) is 25.8. The highest BCUT2D eigenvalue weighted by molar-refractivity contribution is 5.91. The molecule has 0 spiro atoms. The highest BCUT2D eigenvalue weighted by Gasteiger charge is 2.40.